The van der Waals surface area contributed by atoms with E-state index in [1.165, 1.54) is 4.68 Å². The Morgan fingerprint density at radius 1 is 1.00 bits per heavy atom. The van der Waals surface area contributed by atoms with Gasteiger partial charge in [-0.1, -0.05) is 22.5 Å². The van der Waals surface area contributed by atoms with E-state index in [-0.39, 0.29) is 11.7 Å². The molecule has 9 nitrogen and oxygen atoms in total. The highest BCUT2D eigenvalue weighted by molar-refractivity contribution is 5.67. The van der Waals surface area contributed by atoms with Crippen molar-refractivity contribution in [3.05, 3.63) is 48.5 Å². The van der Waals surface area contributed by atoms with E-state index in [4.69, 9.17) is 19.7 Å². The molecule has 2 heterocycles. The van der Waals surface area contributed by atoms with Gasteiger partial charge in [0.15, 0.2) is 11.5 Å². The first-order valence-electron chi connectivity index (χ1n) is 9.22. The number of nitrogens with two attached hydrogens (primary N) is 1. The number of nitrogens with zero attached hydrogens (tertiary/aromatic N) is 5. The third kappa shape index (κ3) is 3.62. The van der Waals surface area contributed by atoms with Crippen molar-refractivity contribution in [1.82, 2.24) is 25.1 Å². The van der Waals surface area contributed by atoms with Crippen LogP contribution in [0.2, 0.25) is 0 Å². The standard InChI is InChI=1S/C20H20N6O3/c1-3-27-14-11-9-13(10-12-14)19-22-20(29-24-19)17-18(21)26(25-23-17)15-7-5-6-8-16(15)28-4-2/h5-12H,3-4,21H2,1-2H3. The molecule has 0 amide bonds. The summed E-state index contributed by atoms with van der Waals surface area (Å²) in [5.74, 6) is 2.32. The third-order valence-corrected chi connectivity index (χ3v) is 4.15. The molecule has 0 saturated heterocycles. The maximum Gasteiger partial charge on any atom is 0.282 e. The largest absolute Gasteiger partial charge is 0.494 e. The summed E-state index contributed by atoms with van der Waals surface area (Å²) < 4.78 is 17.9. The number of anilines is 1. The molecule has 0 bridgehead atoms. The number of para-hydroxylation sites is 2. The van der Waals surface area contributed by atoms with Crippen LogP contribution in [-0.4, -0.2) is 38.3 Å². The summed E-state index contributed by atoms with van der Waals surface area (Å²) in [6.45, 7) is 4.97. The monoisotopic (exact) mass is 392 g/mol. The summed E-state index contributed by atoms with van der Waals surface area (Å²) in [7, 11) is 0. The van der Waals surface area contributed by atoms with Gasteiger partial charge in [-0.25, -0.2) is 0 Å². The van der Waals surface area contributed by atoms with Gasteiger partial charge in [-0.3, -0.25) is 0 Å². The number of ether oxygens (including phenoxy) is 2. The number of rotatable bonds is 7. The molecule has 0 saturated carbocycles. The van der Waals surface area contributed by atoms with Gasteiger partial charge >= 0.3 is 0 Å². The zero-order valence-electron chi connectivity index (χ0n) is 16.1. The Morgan fingerprint density at radius 3 is 2.52 bits per heavy atom. The first-order valence-corrected chi connectivity index (χ1v) is 9.22. The maximum atomic E-state index is 6.27. The summed E-state index contributed by atoms with van der Waals surface area (Å²) in [5, 5.41) is 12.3. The van der Waals surface area contributed by atoms with Crippen molar-refractivity contribution < 1.29 is 14.0 Å². The summed E-state index contributed by atoms with van der Waals surface area (Å²) in [6, 6.07) is 14.9. The van der Waals surface area contributed by atoms with Crippen LogP contribution in [0.5, 0.6) is 11.5 Å². The smallest absolute Gasteiger partial charge is 0.282 e. The lowest BCUT2D eigenvalue weighted by atomic mass is 10.2. The molecule has 0 unspecified atom stereocenters. The molecule has 0 radical (unpaired) electrons. The Labute approximate surface area is 167 Å². The second kappa shape index (κ2) is 8.01. The van der Waals surface area contributed by atoms with Crippen molar-refractivity contribution in [2.24, 2.45) is 0 Å². The van der Waals surface area contributed by atoms with E-state index >= 15 is 0 Å². The van der Waals surface area contributed by atoms with E-state index < -0.39 is 0 Å². The highest BCUT2D eigenvalue weighted by Crippen LogP contribution is 2.30. The highest BCUT2D eigenvalue weighted by Gasteiger charge is 2.21. The van der Waals surface area contributed by atoms with Crippen molar-refractivity contribution >= 4 is 5.82 Å². The van der Waals surface area contributed by atoms with Crippen LogP contribution in [0.3, 0.4) is 0 Å². The molecular formula is C20H20N6O3. The molecule has 0 aliphatic rings. The lowest BCUT2D eigenvalue weighted by Gasteiger charge is -2.10. The number of benzene rings is 2. The topological polar surface area (TPSA) is 114 Å². The second-order valence-corrected chi connectivity index (χ2v) is 6.02. The SMILES string of the molecule is CCOc1ccc(-c2noc(-c3nnn(-c4ccccc4OCC)c3N)n2)cc1. The van der Waals surface area contributed by atoms with Crippen LogP contribution in [-0.2, 0) is 0 Å². The van der Waals surface area contributed by atoms with Gasteiger partial charge in [-0.2, -0.15) is 9.67 Å². The molecular weight excluding hydrogens is 372 g/mol. The Hall–Kier alpha value is -3.88. The molecule has 0 aliphatic carbocycles. The van der Waals surface area contributed by atoms with Crippen molar-refractivity contribution in [2.45, 2.75) is 13.8 Å². The van der Waals surface area contributed by atoms with E-state index in [0.717, 1.165) is 11.3 Å². The maximum absolute atomic E-state index is 6.27. The second-order valence-electron chi connectivity index (χ2n) is 6.02. The molecule has 148 valence electrons. The predicted octanol–water partition coefficient (Wildman–Crippen LogP) is 3.36. The molecule has 0 aliphatic heterocycles. The molecule has 0 atom stereocenters. The minimum atomic E-state index is 0.187. The molecule has 29 heavy (non-hydrogen) atoms. The fraction of sp³-hybridized carbons (Fsp3) is 0.200. The Morgan fingerprint density at radius 2 is 1.76 bits per heavy atom. The lowest BCUT2D eigenvalue weighted by Crippen LogP contribution is -2.05. The van der Waals surface area contributed by atoms with Crippen LogP contribution >= 0.6 is 0 Å². The number of nitrogen functional groups attached to an aromatic ring is 1. The first kappa shape index (κ1) is 18.5. The quantitative estimate of drug-likeness (QED) is 0.509. The fourth-order valence-electron chi connectivity index (χ4n) is 2.83. The van der Waals surface area contributed by atoms with Gasteiger partial charge in [0.25, 0.3) is 5.89 Å². The van der Waals surface area contributed by atoms with Gasteiger partial charge < -0.3 is 19.7 Å². The average Bonchev–Trinajstić information content (AvgIpc) is 3.36. The minimum absolute atomic E-state index is 0.187. The van der Waals surface area contributed by atoms with Gasteiger partial charge in [0.05, 0.1) is 13.2 Å². The molecule has 4 aromatic rings. The third-order valence-electron chi connectivity index (χ3n) is 4.15. The van der Waals surface area contributed by atoms with Crippen molar-refractivity contribution in [1.29, 1.82) is 0 Å². The zero-order valence-corrected chi connectivity index (χ0v) is 16.1. The number of hydrogen-bond donors (Lipinski definition) is 1. The Balaban J connectivity index is 1.64. The van der Waals surface area contributed by atoms with E-state index in [9.17, 15) is 0 Å². The van der Waals surface area contributed by atoms with E-state index in [2.05, 4.69) is 20.5 Å². The van der Waals surface area contributed by atoms with Crippen molar-refractivity contribution in [3.8, 4) is 40.2 Å². The number of hydrogen-bond acceptors (Lipinski definition) is 8. The van der Waals surface area contributed by atoms with Crippen LogP contribution in [0.4, 0.5) is 5.82 Å². The fourth-order valence-corrected chi connectivity index (χ4v) is 2.83. The van der Waals surface area contributed by atoms with Gasteiger partial charge in [-0.15, -0.1) is 5.10 Å². The highest BCUT2D eigenvalue weighted by atomic mass is 16.5. The van der Waals surface area contributed by atoms with Crippen LogP contribution in [0.25, 0.3) is 28.7 Å². The Kier molecular flexibility index (Phi) is 5.10. The molecule has 2 N–H and O–H groups in total. The van der Waals surface area contributed by atoms with Crippen LogP contribution in [0.1, 0.15) is 13.8 Å². The Bertz CT molecular complexity index is 1100. The number of aromatic nitrogens is 5. The van der Waals surface area contributed by atoms with E-state index in [0.29, 0.717) is 36.2 Å². The van der Waals surface area contributed by atoms with E-state index in [1.54, 1.807) is 0 Å². The van der Waals surface area contributed by atoms with Gasteiger partial charge in [0.2, 0.25) is 5.82 Å². The van der Waals surface area contributed by atoms with Gasteiger partial charge in [0.1, 0.15) is 17.2 Å². The summed E-state index contributed by atoms with van der Waals surface area (Å²) >= 11 is 0. The molecule has 0 spiro atoms. The molecule has 2 aromatic heterocycles. The zero-order chi connectivity index (χ0) is 20.2. The van der Waals surface area contributed by atoms with Gasteiger partial charge in [0, 0.05) is 5.56 Å². The van der Waals surface area contributed by atoms with E-state index in [1.807, 2.05) is 62.4 Å². The normalized spacial score (nSPS) is 10.8. The van der Waals surface area contributed by atoms with Crippen LogP contribution < -0.4 is 15.2 Å². The van der Waals surface area contributed by atoms with Crippen LogP contribution in [0, 0.1) is 0 Å². The lowest BCUT2D eigenvalue weighted by molar-refractivity contribution is 0.338. The average molecular weight is 392 g/mol. The summed E-state index contributed by atoms with van der Waals surface area (Å²) in [4.78, 5) is 4.41. The molecule has 0 fully saturated rings. The van der Waals surface area contributed by atoms with Crippen molar-refractivity contribution in [2.75, 3.05) is 18.9 Å². The molecule has 2 aromatic carbocycles. The first-order chi connectivity index (χ1) is 14.2. The van der Waals surface area contributed by atoms with Crippen molar-refractivity contribution in [3.63, 3.8) is 0 Å². The summed E-state index contributed by atoms with van der Waals surface area (Å²) in [5.41, 5.74) is 8.04. The summed E-state index contributed by atoms with van der Waals surface area (Å²) in [6.07, 6.45) is 0. The molecule has 4 rings (SSSR count). The minimum Gasteiger partial charge on any atom is -0.494 e. The molecule has 9 heteroatoms. The van der Waals surface area contributed by atoms with Crippen LogP contribution in [0.15, 0.2) is 53.1 Å². The van der Waals surface area contributed by atoms with Gasteiger partial charge in [-0.05, 0) is 50.2 Å². The predicted molar refractivity (Wildman–Crippen MR) is 107 cm³/mol.